The largest absolute Gasteiger partial charge is 0.310 e. The van der Waals surface area contributed by atoms with Gasteiger partial charge in [-0.25, -0.2) is 0 Å². The van der Waals surface area contributed by atoms with Gasteiger partial charge >= 0.3 is 0 Å². The van der Waals surface area contributed by atoms with Crippen molar-refractivity contribution >= 4 is 49.6 Å². The third kappa shape index (κ3) is 5.40. The number of rotatable bonds is 6. The maximum Gasteiger partial charge on any atom is 0.0541 e. The second-order valence-corrected chi connectivity index (χ2v) is 15.8. The van der Waals surface area contributed by atoms with Crippen molar-refractivity contribution in [2.75, 3.05) is 4.90 Å². The first-order valence-corrected chi connectivity index (χ1v) is 19.8. The van der Waals surface area contributed by atoms with Crippen LogP contribution in [0.4, 0.5) is 17.1 Å². The first-order chi connectivity index (χ1) is 28.0. The molecule has 0 N–H and O–H groups in total. The highest BCUT2D eigenvalue weighted by atomic mass is 15.1. The molecule has 0 unspecified atom stereocenters. The number of para-hydroxylation sites is 2. The summed E-state index contributed by atoms with van der Waals surface area (Å²) in [6.07, 6.45) is 0. The zero-order valence-electron chi connectivity index (χ0n) is 32.0. The van der Waals surface area contributed by atoms with Crippen LogP contribution in [0.15, 0.2) is 206 Å². The van der Waals surface area contributed by atoms with Crippen LogP contribution in [0.2, 0.25) is 0 Å². The van der Waals surface area contributed by atoms with Gasteiger partial charge in [-0.05, 0) is 128 Å². The molecule has 1 heterocycles. The summed E-state index contributed by atoms with van der Waals surface area (Å²) in [6, 6.07) is 75.7. The molecule has 270 valence electrons. The lowest BCUT2D eigenvalue weighted by Gasteiger charge is -2.28. The molecule has 11 rings (SSSR count). The SMILES string of the molecule is CC1(C)c2ccccc2-c2ccc(N(c3cccc(-c4cccc(-c5ccc6c(c5)c5ccccc5n6-c5ccccc5)c4)c3)c3ccc4ccccc4c3)cc21. The number of benzene rings is 9. The van der Waals surface area contributed by atoms with Crippen molar-refractivity contribution in [1.82, 2.24) is 4.57 Å². The van der Waals surface area contributed by atoms with E-state index in [0.717, 1.165) is 17.1 Å². The highest BCUT2D eigenvalue weighted by molar-refractivity contribution is 6.10. The molecular weight excluding hydrogens is 689 g/mol. The number of aromatic nitrogens is 1. The minimum Gasteiger partial charge on any atom is -0.310 e. The lowest BCUT2D eigenvalue weighted by Crippen LogP contribution is -2.16. The highest BCUT2D eigenvalue weighted by Gasteiger charge is 2.35. The number of nitrogens with zero attached hydrogens (tertiary/aromatic N) is 2. The van der Waals surface area contributed by atoms with Gasteiger partial charge in [0.25, 0.3) is 0 Å². The summed E-state index contributed by atoms with van der Waals surface area (Å²) >= 11 is 0. The second-order valence-electron chi connectivity index (χ2n) is 15.8. The van der Waals surface area contributed by atoms with Crippen LogP contribution in [0.25, 0.3) is 71.6 Å². The average Bonchev–Trinajstić information content (AvgIpc) is 3.72. The molecule has 2 nitrogen and oxygen atoms in total. The van der Waals surface area contributed by atoms with Crippen LogP contribution in [0.5, 0.6) is 0 Å². The lowest BCUT2D eigenvalue weighted by molar-refractivity contribution is 0.660. The Labute approximate surface area is 333 Å². The molecule has 0 spiro atoms. The normalized spacial score (nSPS) is 12.9. The fraction of sp³-hybridized carbons (Fsp3) is 0.0545. The standard InChI is InChI=1S/C55H40N2/c1-55(2)51-24-10-8-22-47(51)48-30-29-46(36-52(48)55)56(45-28-26-37-14-6-7-15-40(37)33-45)44-21-13-18-41(34-44)38-16-12-17-39(32-38)42-27-31-54-50(35-42)49-23-9-11-25-53(49)57(54)43-19-4-3-5-20-43/h3-36H,1-2H3. The van der Waals surface area contributed by atoms with E-state index in [9.17, 15) is 0 Å². The molecule has 9 aromatic carbocycles. The van der Waals surface area contributed by atoms with Gasteiger partial charge in [0.05, 0.1) is 11.0 Å². The molecule has 1 aliphatic rings. The van der Waals surface area contributed by atoms with E-state index >= 15 is 0 Å². The second kappa shape index (κ2) is 13.0. The van der Waals surface area contributed by atoms with E-state index in [0.29, 0.717) is 0 Å². The van der Waals surface area contributed by atoms with Crippen molar-refractivity contribution in [2.24, 2.45) is 0 Å². The van der Waals surface area contributed by atoms with Crippen LogP contribution < -0.4 is 4.90 Å². The number of fused-ring (bicyclic) bond motifs is 7. The molecule has 0 radical (unpaired) electrons. The highest BCUT2D eigenvalue weighted by Crippen LogP contribution is 2.51. The van der Waals surface area contributed by atoms with Crippen molar-refractivity contribution in [3.05, 3.63) is 217 Å². The van der Waals surface area contributed by atoms with E-state index < -0.39 is 0 Å². The van der Waals surface area contributed by atoms with E-state index in [2.05, 4.69) is 230 Å². The summed E-state index contributed by atoms with van der Waals surface area (Å²) in [4.78, 5) is 2.43. The maximum atomic E-state index is 2.43. The fourth-order valence-corrected chi connectivity index (χ4v) is 9.30. The Bertz CT molecular complexity index is 3170. The first-order valence-electron chi connectivity index (χ1n) is 19.8. The van der Waals surface area contributed by atoms with Gasteiger partial charge in [-0.3, -0.25) is 0 Å². The summed E-state index contributed by atoms with van der Waals surface area (Å²) in [5, 5.41) is 4.97. The van der Waals surface area contributed by atoms with Crippen LogP contribution in [-0.2, 0) is 5.41 Å². The molecule has 0 saturated heterocycles. The van der Waals surface area contributed by atoms with Gasteiger partial charge < -0.3 is 9.47 Å². The molecular formula is C55H40N2. The third-order valence-electron chi connectivity index (χ3n) is 12.1. The van der Waals surface area contributed by atoms with Gasteiger partial charge in [-0.1, -0.05) is 147 Å². The van der Waals surface area contributed by atoms with Crippen LogP contribution in [0, 0.1) is 0 Å². The van der Waals surface area contributed by atoms with Crippen LogP contribution in [0.1, 0.15) is 25.0 Å². The zero-order valence-corrected chi connectivity index (χ0v) is 32.0. The molecule has 0 aliphatic heterocycles. The number of anilines is 3. The van der Waals surface area contributed by atoms with Crippen molar-refractivity contribution in [1.29, 1.82) is 0 Å². The number of hydrogen-bond donors (Lipinski definition) is 0. The number of hydrogen-bond acceptors (Lipinski definition) is 1. The van der Waals surface area contributed by atoms with Crippen molar-refractivity contribution in [2.45, 2.75) is 19.3 Å². The molecule has 2 heteroatoms. The molecule has 57 heavy (non-hydrogen) atoms. The Hall–Kier alpha value is -7.16. The van der Waals surface area contributed by atoms with E-state index in [-0.39, 0.29) is 5.41 Å². The Morgan fingerprint density at radius 3 is 1.84 bits per heavy atom. The summed E-state index contributed by atoms with van der Waals surface area (Å²) < 4.78 is 2.37. The molecule has 0 bridgehead atoms. The van der Waals surface area contributed by atoms with Gasteiger partial charge in [0.15, 0.2) is 0 Å². The van der Waals surface area contributed by atoms with E-state index in [1.165, 1.54) is 82.8 Å². The van der Waals surface area contributed by atoms with Gasteiger partial charge in [0.1, 0.15) is 0 Å². The zero-order chi connectivity index (χ0) is 38.1. The van der Waals surface area contributed by atoms with E-state index in [1.54, 1.807) is 0 Å². The minimum atomic E-state index is -0.0985. The van der Waals surface area contributed by atoms with Crippen LogP contribution in [-0.4, -0.2) is 4.57 Å². The van der Waals surface area contributed by atoms with E-state index in [4.69, 9.17) is 0 Å². The summed E-state index contributed by atoms with van der Waals surface area (Å²) in [6.45, 7) is 4.71. The Balaban J connectivity index is 1.02. The summed E-state index contributed by atoms with van der Waals surface area (Å²) in [5.74, 6) is 0. The molecule has 1 aromatic heterocycles. The Morgan fingerprint density at radius 1 is 0.368 bits per heavy atom. The van der Waals surface area contributed by atoms with Gasteiger partial charge in [0, 0.05) is 38.9 Å². The van der Waals surface area contributed by atoms with Crippen LogP contribution in [0.3, 0.4) is 0 Å². The van der Waals surface area contributed by atoms with E-state index in [1.807, 2.05) is 0 Å². The smallest absolute Gasteiger partial charge is 0.0541 e. The predicted molar refractivity (Wildman–Crippen MR) is 241 cm³/mol. The fourth-order valence-electron chi connectivity index (χ4n) is 9.30. The minimum absolute atomic E-state index is 0.0985. The third-order valence-corrected chi connectivity index (χ3v) is 12.1. The quantitative estimate of drug-likeness (QED) is 0.165. The topological polar surface area (TPSA) is 8.17 Å². The van der Waals surface area contributed by atoms with Crippen molar-refractivity contribution in [3.63, 3.8) is 0 Å². The lowest BCUT2D eigenvalue weighted by atomic mass is 9.82. The predicted octanol–water partition coefficient (Wildman–Crippen LogP) is 15.0. The van der Waals surface area contributed by atoms with Crippen molar-refractivity contribution < 1.29 is 0 Å². The molecule has 10 aromatic rings. The van der Waals surface area contributed by atoms with Gasteiger partial charge in [-0.2, -0.15) is 0 Å². The Morgan fingerprint density at radius 2 is 0.982 bits per heavy atom. The summed E-state index contributed by atoms with van der Waals surface area (Å²) in [7, 11) is 0. The Kier molecular flexibility index (Phi) is 7.55. The first kappa shape index (κ1) is 33.2. The maximum absolute atomic E-state index is 2.43. The molecule has 1 aliphatic carbocycles. The monoisotopic (exact) mass is 728 g/mol. The van der Waals surface area contributed by atoms with Crippen LogP contribution >= 0.6 is 0 Å². The summed E-state index contributed by atoms with van der Waals surface area (Å²) in [5.41, 5.74) is 17.1. The van der Waals surface area contributed by atoms with Crippen molar-refractivity contribution in [3.8, 4) is 39.1 Å². The molecule has 0 saturated carbocycles. The molecule has 0 amide bonds. The average molecular weight is 729 g/mol. The van der Waals surface area contributed by atoms with Gasteiger partial charge in [-0.15, -0.1) is 0 Å². The molecule has 0 fully saturated rings. The van der Waals surface area contributed by atoms with Gasteiger partial charge in [0.2, 0.25) is 0 Å². The molecule has 0 atom stereocenters.